The number of dihydropyridines is 3. The number of allylic oxidation sites excluding steroid dienone is 7. The standard InChI is InChI=1S/C27H41N9.C22H26N6.C20H27N5O.C17H21N5S.C16H21N5S/c1-6-8-20-18(3)25-22-17-29-33-23(22)15-24(27(25)31-26(20)21-16-28-32-19(21)4)35(7-2)10-9-30-36-13-11-34(5)12-14-36;1-4-5-14-11(2)19-17(8-9-18-20(19)12(3)25-27-18)24-21(14)13-6-7-16-15(10-13)22(23)28-26-16;1-4-6-7-15-10-19(16-12-22-24-14(16)3)21-11-17(15)18-13-23-25(8-9-26)20(18)5-2;1-4-6-7-12-8-16(13-10-19-20-11(13)3)18-9-14(12)17-15(5-2)21-23-22-17;1-3-5-6-11-7-15(16-10-22-21-20-16)17-8-12(11)13-9-18-19-14(13)4-2/h15-17,22-23,30,33H,6-14H2,1-5H3,(H,28,32);6,8-10,16,18,20,26-27H,4-5,7H2,1-3H3,(H2,23,28);5,10-13,19,21,26H,2,4,6-9H2,1,3H3,(H,22,24);5,8-10,16,18H,2,4,6-7H2,1,3H3,(H,19,20);4,7-10,13-15,17,19H,2-3,5-6H2,1H3. The van der Waals surface area contributed by atoms with Crippen LogP contribution in [0.25, 0.3) is 51.9 Å². The Morgan fingerprint density at radius 1 is 0.630 bits per heavy atom. The van der Waals surface area contributed by atoms with E-state index in [1.54, 1.807) is 10.8 Å². The lowest BCUT2D eigenvalue weighted by atomic mass is 9.79. The first-order valence-corrected chi connectivity index (χ1v) is 49.9. The van der Waals surface area contributed by atoms with Crippen LogP contribution in [0.1, 0.15) is 262 Å². The Morgan fingerprint density at radius 2 is 1.29 bits per heavy atom. The number of hydrogen-bond donors (Lipinski definition) is 13. The largest absolute Gasteiger partial charge is 0.394 e. The third kappa shape index (κ3) is 21.6. The van der Waals surface area contributed by atoms with Gasteiger partial charge in [0.05, 0.1) is 132 Å². The summed E-state index contributed by atoms with van der Waals surface area (Å²) >= 11 is 2.62. The molecule has 1 saturated heterocycles. The first kappa shape index (κ1) is 97.2. The molecule has 8 aliphatic heterocycles. The van der Waals surface area contributed by atoms with Crippen molar-refractivity contribution in [2.45, 2.75) is 234 Å². The van der Waals surface area contributed by atoms with Gasteiger partial charge in [0.15, 0.2) is 0 Å². The van der Waals surface area contributed by atoms with Crippen molar-refractivity contribution in [2.24, 2.45) is 32.1 Å². The number of hydrazone groups is 4. The van der Waals surface area contributed by atoms with Gasteiger partial charge in [-0.15, -0.1) is 11.7 Å². The number of aromatic amines is 3. The fourth-order valence-electron chi connectivity index (χ4n) is 19.7. The number of hydrazine groups is 1. The molecule has 10 unspecified atom stereocenters. The first-order valence-electron chi connectivity index (χ1n) is 48.3. The topological polar surface area (TPSA) is 383 Å². The molecule has 0 bridgehead atoms. The van der Waals surface area contributed by atoms with Crippen molar-refractivity contribution in [1.29, 1.82) is 0 Å². The van der Waals surface area contributed by atoms with Gasteiger partial charge in [-0.3, -0.25) is 25.4 Å². The predicted octanol–water partition coefficient (Wildman–Crippen LogP) is 15.6. The SMILES string of the molecule is C=CC1NN=CC1C1=CNC(c2csnn2)C=C1CCCC.C=Cc1c(C2=CNC(c3cn[nH]c3C)C=C2CCCC)cnn1CCO.C=Cc1nsnc1C1=CNC(c2cn[nH]c2C)C=C1CCCC.CCCc1c(-c2cn[nH]c2C)nc2c(c1C)C1C=NNC1C=C2N(CC)CCNN1CCN(C)CC1.CCCc1c(C2=CCC3NN=C(N)C3=C2)nc2c(c1C)C1C(C)=NNC1C=C2. The molecule has 33 heteroatoms. The lowest BCUT2D eigenvalue weighted by Gasteiger charge is -2.36. The Bertz CT molecular complexity index is 5970. The zero-order valence-electron chi connectivity index (χ0n) is 80.7. The summed E-state index contributed by atoms with van der Waals surface area (Å²) in [6, 6.07) is 1.14. The lowest BCUT2D eigenvalue weighted by Crippen LogP contribution is -2.52. The number of aliphatic hydroxyl groups is 1. The Labute approximate surface area is 803 Å². The minimum absolute atomic E-state index is 0.0552. The van der Waals surface area contributed by atoms with Crippen molar-refractivity contribution >= 4 is 87.9 Å². The van der Waals surface area contributed by atoms with Gasteiger partial charge in [0.25, 0.3) is 0 Å². The molecule has 0 amide bonds. The molecule has 3 aliphatic carbocycles. The highest BCUT2D eigenvalue weighted by Gasteiger charge is 2.40. The molecule has 11 aliphatic rings. The van der Waals surface area contributed by atoms with Crippen LogP contribution >= 0.6 is 23.3 Å². The van der Waals surface area contributed by atoms with E-state index in [-0.39, 0.29) is 66.7 Å². The molecule has 0 spiro atoms. The van der Waals surface area contributed by atoms with E-state index in [0.29, 0.717) is 12.4 Å². The van der Waals surface area contributed by atoms with Crippen molar-refractivity contribution in [3.63, 3.8) is 0 Å². The third-order valence-electron chi connectivity index (χ3n) is 27.2. The fourth-order valence-corrected chi connectivity index (χ4v) is 20.7. The van der Waals surface area contributed by atoms with Crippen molar-refractivity contribution in [1.82, 2.24) is 127 Å². The van der Waals surface area contributed by atoms with E-state index in [1.807, 2.05) is 62.4 Å². The molecule has 8 aromatic heterocycles. The summed E-state index contributed by atoms with van der Waals surface area (Å²) in [7, 11) is 2.19. The smallest absolute Gasteiger partial charge is 0.148 e. The van der Waals surface area contributed by atoms with Gasteiger partial charge in [-0.1, -0.05) is 121 Å². The van der Waals surface area contributed by atoms with E-state index in [0.717, 1.165) is 230 Å². The highest BCUT2D eigenvalue weighted by molar-refractivity contribution is 7.03. The molecular formula is C102H136N30OS2. The van der Waals surface area contributed by atoms with Crippen molar-refractivity contribution in [3.8, 4) is 11.3 Å². The number of aliphatic hydroxyl groups excluding tert-OH is 1. The molecule has 0 saturated carbocycles. The normalized spacial score (nSPS) is 22.0. The molecule has 16 heterocycles. The number of aryl methyl sites for hydroxylation is 3. The Kier molecular flexibility index (Phi) is 32.9. The zero-order chi connectivity index (χ0) is 94.8. The average molecular weight is 1860 g/mol. The van der Waals surface area contributed by atoms with Gasteiger partial charge in [-0.25, -0.2) is 15.0 Å². The number of amidine groups is 1. The van der Waals surface area contributed by atoms with Crippen LogP contribution in [0.2, 0.25) is 0 Å². The van der Waals surface area contributed by atoms with Crippen LogP contribution in [-0.2, 0) is 19.4 Å². The second kappa shape index (κ2) is 45.8. The van der Waals surface area contributed by atoms with E-state index in [2.05, 4.69) is 302 Å². The number of nitrogens with one attached hydrogen (secondary N) is 11. The quantitative estimate of drug-likeness (QED) is 0.0174. The molecule has 14 N–H and O–H groups in total. The van der Waals surface area contributed by atoms with E-state index in [4.69, 9.17) is 15.7 Å². The minimum Gasteiger partial charge on any atom is -0.394 e. The van der Waals surface area contributed by atoms with Gasteiger partial charge >= 0.3 is 0 Å². The molecule has 1 fully saturated rings. The van der Waals surface area contributed by atoms with E-state index < -0.39 is 0 Å². The summed E-state index contributed by atoms with van der Waals surface area (Å²) in [5.41, 5.74) is 58.5. The van der Waals surface area contributed by atoms with Crippen LogP contribution in [-0.4, -0.2) is 196 Å². The molecule has 19 rings (SSSR count). The molecule has 31 nitrogen and oxygen atoms in total. The van der Waals surface area contributed by atoms with Crippen LogP contribution in [0.3, 0.4) is 0 Å². The number of pyridine rings is 2. The molecule has 135 heavy (non-hydrogen) atoms. The minimum atomic E-state index is 0.0552. The summed E-state index contributed by atoms with van der Waals surface area (Å²) in [5, 5.41) is 71.7. The Balaban J connectivity index is 0.000000130. The maximum Gasteiger partial charge on any atom is 0.148 e. The van der Waals surface area contributed by atoms with E-state index in [9.17, 15) is 5.11 Å². The number of piperazine rings is 1. The van der Waals surface area contributed by atoms with Crippen molar-refractivity contribution in [2.75, 3.05) is 59.5 Å². The van der Waals surface area contributed by atoms with Crippen LogP contribution in [0.4, 0.5) is 0 Å². The number of likely N-dealkylation sites (N-methyl/N-ethyl adjacent to an activating group) is 2. The Morgan fingerprint density at radius 3 is 1.93 bits per heavy atom. The van der Waals surface area contributed by atoms with Gasteiger partial charge in [-0.2, -0.15) is 49.5 Å². The molecular weight excluding hydrogens is 1730 g/mol. The van der Waals surface area contributed by atoms with Gasteiger partial charge in [0.1, 0.15) is 22.9 Å². The van der Waals surface area contributed by atoms with Gasteiger partial charge in [-0.05, 0) is 216 Å². The Hall–Kier alpha value is -12.4. The van der Waals surface area contributed by atoms with Crippen LogP contribution in [0, 0.1) is 40.5 Å². The molecule has 0 radical (unpaired) electrons. The second-order valence-electron chi connectivity index (χ2n) is 36.1. The number of H-pyrrole nitrogens is 3. The highest BCUT2D eigenvalue weighted by Crippen LogP contribution is 2.46. The summed E-state index contributed by atoms with van der Waals surface area (Å²) in [5.74, 6) is 1.33. The molecule has 10 atom stereocenters. The van der Waals surface area contributed by atoms with Gasteiger partial charge in [0.2, 0.25) is 0 Å². The van der Waals surface area contributed by atoms with Crippen molar-refractivity contribution in [3.05, 3.63) is 252 Å². The first-order chi connectivity index (χ1) is 65.9. The maximum absolute atomic E-state index is 9.25. The number of unbranched alkanes of at least 4 members (excludes halogenated alkanes) is 3. The number of rotatable bonds is 32. The van der Waals surface area contributed by atoms with Gasteiger partial charge < -0.3 is 58.3 Å². The summed E-state index contributed by atoms with van der Waals surface area (Å²) in [6.45, 7) is 45.4. The van der Waals surface area contributed by atoms with Crippen LogP contribution in [0.5, 0.6) is 0 Å². The number of nitrogens with zero attached hydrogens (tertiary/aromatic N) is 18. The number of aromatic nitrogens is 14. The van der Waals surface area contributed by atoms with E-state index in [1.165, 1.54) is 103 Å². The summed E-state index contributed by atoms with van der Waals surface area (Å²) in [4.78, 5) is 15.4. The molecule has 8 aromatic rings. The lowest BCUT2D eigenvalue weighted by molar-refractivity contribution is 0.102. The summed E-state index contributed by atoms with van der Waals surface area (Å²) < 4.78 is 14.5. The van der Waals surface area contributed by atoms with Gasteiger partial charge in [0, 0.05) is 156 Å². The van der Waals surface area contributed by atoms with Crippen LogP contribution in [0.15, 0.2) is 165 Å². The predicted molar refractivity (Wildman–Crippen MR) is 549 cm³/mol. The molecule has 0 aromatic carbocycles. The third-order valence-corrected chi connectivity index (χ3v) is 28.3. The molecule has 712 valence electrons. The van der Waals surface area contributed by atoms with E-state index >= 15 is 0 Å². The fraction of sp³-hybridized carbons (Fsp3) is 0.451. The number of hydrogen-bond acceptors (Lipinski definition) is 29. The maximum atomic E-state index is 9.25. The van der Waals surface area contributed by atoms with Crippen molar-refractivity contribution < 1.29 is 5.11 Å². The highest BCUT2D eigenvalue weighted by atomic mass is 32.1. The number of nitrogens with two attached hydrogens (primary N) is 1. The average Bonchev–Trinajstić information content (AvgIpc) is 1.68. The summed E-state index contributed by atoms with van der Waals surface area (Å²) in [6.07, 6.45) is 56.5. The zero-order valence-corrected chi connectivity index (χ0v) is 82.3. The number of fused-ring (bicyclic) bond motifs is 7. The van der Waals surface area contributed by atoms with Crippen LogP contribution < -0.4 is 48.8 Å². The second-order valence-corrected chi connectivity index (χ2v) is 37.2. The monoisotopic (exact) mass is 1860 g/mol.